The third-order valence-corrected chi connectivity index (χ3v) is 4.33. The number of amides is 1. The predicted molar refractivity (Wildman–Crippen MR) is 88.3 cm³/mol. The van der Waals surface area contributed by atoms with E-state index in [2.05, 4.69) is 31.2 Å². The standard InChI is InChI=1S/C19H21NO3/c1-13-4-8-15(9-5-13)17-18(23-3)19(21)20(17)12-14-6-10-16(22-2)11-7-14/h4-11,17-18H,12H2,1-3H3/t17-,18+/m0/s1. The molecule has 4 heteroatoms. The highest BCUT2D eigenvalue weighted by Gasteiger charge is 2.48. The molecule has 1 amide bonds. The predicted octanol–water partition coefficient (Wildman–Crippen LogP) is 3.10. The van der Waals surface area contributed by atoms with Crippen LogP contribution in [0.2, 0.25) is 0 Å². The van der Waals surface area contributed by atoms with Crippen molar-refractivity contribution >= 4 is 5.91 Å². The van der Waals surface area contributed by atoms with Crippen molar-refractivity contribution in [1.29, 1.82) is 0 Å². The van der Waals surface area contributed by atoms with Crippen molar-refractivity contribution in [3.63, 3.8) is 0 Å². The third-order valence-electron chi connectivity index (χ3n) is 4.33. The van der Waals surface area contributed by atoms with Crippen LogP contribution in [-0.4, -0.2) is 31.1 Å². The molecule has 23 heavy (non-hydrogen) atoms. The van der Waals surface area contributed by atoms with Crippen molar-refractivity contribution in [3.05, 3.63) is 65.2 Å². The Kier molecular flexibility index (Phi) is 4.35. The second-order valence-corrected chi connectivity index (χ2v) is 5.83. The first kappa shape index (κ1) is 15.6. The molecule has 2 aromatic rings. The summed E-state index contributed by atoms with van der Waals surface area (Å²) in [6, 6.07) is 16.0. The van der Waals surface area contributed by atoms with Crippen LogP contribution < -0.4 is 4.74 Å². The molecule has 3 rings (SSSR count). The number of rotatable bonds is 5. The Morgan fingerprint density at radius 2 is 1.65 bits per heavy atom. The highest BCUT2D eigenvalue weighted by Crippen LogP contribution is 2.38. The Hall–Kier alpha value is -2.33. The number of methoxy groups -OCH3 is 2. The molecule has 0 saturated carbocycles. The molecule has 1 aliphatic heterocycles. The second-order valence-electron chi connectivity index (χ2n) is 5.83. The van der Waals surface area contributed by atoms with Gasteiger partial charge in [0.15, 0.2) is 6.10 Å². The van der Waals surface area contributed by atoms with Crippen LogP contribution in [0.3, 0.4) is 0 Å². The highest BCUT2D eigenvalue weighted by atomic mass is 16.5. The van der Waals surface area contributed by atoms with E-state index in [1.54, 1.807) is 14.2 Å². The first-order valence-corrected chi connectivity index (χ1v) is 7.67. The van der Waals surface area contributed by atoms with Crippen molar-refractivity contribution in [2.75, 3.05) is 14.2 Å². The zero-order chi connectivity index (χ0) is 16.4. The van der Waals surface area contributed by atoms with Crippen molar-refractivity contribution in [3.8, 4) is 5.75 Å². The Morgan fingerprint density at radius 1 is 1.00 bits per heavy atom. The van der Waals surface area contributed by atoms with Gasteiger partial charge in [0, 0.05) is 13.7 Å². The lowest BCUT2D eigenvalue weighted by molar-refractivity contribution is -0.172. The van der Waals surface area contributed by atoms with E-state index in [4.69, 9.17) is 9.47 Å². The molecule has 0 N–H and O–H groups in total. The molecule has 0 bridgehead atoms. The van der Waals surface area contributed by atoms with Gasteiger partial charge in [-0.1, -0.05) is 42.0 Å². The van der Waals surface area contributed by atoms with Crippen LogP contribution in [0.15, 0.2) is 48.5 Å². The van der Waals surface area contributed by atoms with Gasteiger partial charge in [-0.2, -0.15) is 0 Å². The first-order valence-electron chi connectivity index (χ1n) is 7.67. The fourth-order valence-corrected chi connectivity index (χ4v) is 2.97. The van der Waals surface area contributed by atoms with Crippen LogP contribution in [0.4, 0.5) is 0 Å². The smallest absolute Gasteiger partial charge is 0.255 e. The van der Waals surface area contributed by atoms with Gasteiger partial charge < -0.3 is 14.4 Å². The molecule has 120 valence electrons. The molecule has 0 spiro atoms. The van der Waals surface area contributed by atoms with Crippen LogP contribution in [0.1, 0.15) is 22.7 Å². The van der Waals surface area contributed by atoms with Gasteiger partial charge in [-0.25, -0.2) is 0 Å². The minimum absolute atomic E-state index is 0.0322. The summed E-state index contributed by atoms with van der Waals surface area (Å²) in [6.07, 6.45) is -0.393. The molecule has 0 aliphatic carbocycles. The molecule has 2 atom stereocenters. The molecule has 1 aliphatic rings. The average Bonchev–Trinajstić information content (AvgIpc) is 2.59. The van der Waals surface area contributed by atoms with Gasteiger partial charge in [-0.05, 0) is 30.2 Å². The van der Waals surface area contributed by atoms with Gasteiger partial charge in [0.25, 0.3) is 5.91 Å². The van der Waals surface area contributed by atoms with Crippen molar-refractivity contribution < 1.29 is 14.3 Å². The van der Waals surface area contributed by atoms with E-state index in [1.807, 2.05) is 29.2 Å². The summed E-state index contributed by atoms with van der Waals surface area (Å²) >= 11 is 0. The molecule has 1 fully saturated rings. The summed E-state index contributed by atoms with van der Waals surface area (Å²) < 4.78 is 10.6. The normalized spacial score (nSPS) is 20.3. The van der Waals surface area contributed by atoms with Crippen molar-refractivity contribution in [2.24, 2.45) is 0 Å². The molecule has 1 saturated heterocycles. The summed E-state index contributed by atoms with van der Waals surface area (Å²) in [4.78, 5) is 14.2. The minimum atomic E-state index is -0.393. The van der Waals surface area contributed by atoms with E-state index in [0.29, 0.717) is 6.54 Å². The summed E-state index contributed by atoms with van der Waals surface area (Å²) in [6.45, 7) is 2.62. The SMILES string of the molecule is COc1ccc(CN2C(=O)[C@H](OC)[C@@H]2c2ccc(C)cc2)cc1. The second kappa shape index (κ2) is 6.42. The van der Waals surface area contributed by atoms with Gasteiger partial charge in [-0.15, -0.1) is 0 Å². The number of hydrogen-bond acceptors (Lipinski definition) is 3. The Bertz CT molecular complexity index is 679. The Labute approximate surface area is 136 Å². The fourth-order valence-electron chi connectivity index (χ4n) is 2.97. The number of hydrogen-bond donors (Lipinski definition) is 0. The van der Waals surface area contributed by atoms with E-state index in [-0.39, 0.29) is 11.9 Å². The minimum Gasteiger partial charge on any atom is -0.497 e. The van der Waals surface area contributed by atoms with Crippen LogP contribution in [-0.2, 0) is 16.1 Å². The number of carbonyl (C=O) groups excluding carboxylic acids is 1. The van der Waals surface area contributed by atoms with E-state index < -0.39 is 6.10 Å². The van der Waals surface area contributed by atoms with Crippen LogP contribution in [0, 0.1) is 6.92 Å². The molecule has 0 aromatic heterocycles. The highest BCUT2D eigenvalue weighted by molar-refractivity contribution is 5.89. The quantitative estimate of drug-likeness (QED) is 0.797. The van der Waals surface area contributed by atoms with Gasteiger partial charge >= 0.3 is 0 Å². The largest absolute Gasteiger partial charge is 0.497 e. The number of aryl methyl sites for hydroxylation is 1. The average molecular weight is 311 g/mol. The van der Waals surface area contributed by atoms with E-state index in [9.17, 15) is 4.79 Å². The van der Waals surface area contributed by atoms with Crippen LogP contribution in [0.25, 0.3) is 0 Å². The molecule has 0 radical (unpaired) electrons. The summed E-state index contributed by atoms with van der Waals surface area (Å²) in [5.74, 6) is 0.849. The molecular formula is C19H21NO3. The monoisotopic (exact) mass is 311 g/mol. The molecule has 0 unspecified atom stereocenters. The number of carbonyl (C=O) groups is 1. The fraction of sp³-hybridized carbons (Fsp3) is 0.316. The number of likely N-dealkylation sites (tertiary alicyclic amines) is 1. The molecule has 1 heterocycles. The topological polar surface area (TPSA) is 38.8 Å². The van der Waals surface area contributed by atoms with E-state index in [0.717, 1.165) is 16.9 Å². The van der Waals surface area contributed by atoms with Gasteiger partial charge in [0.2, 0.25) is 0 Å². The van der Waals surface area contributed by atoms with Gasteiger partial charge in [0.05, 0.1) is 13.2 Å². The summed E-state index contributed by atoms with van der Waals surface area (Å²) in [5, 5.41) is 0. The number of benzene rings is 2. The maximum atomic E-state index is 12.3. The summed E-state index contributed by atoms with van der Waals surface area (Å²) in [7, 11) is 3.24. The summed E-state index contributed by atoms with van der Waals surface area (Å²) in [5.41, 5.74) is 3.39. The first-order chi connectivity index (χ1) is 11.1. The Morgan fingerprint density at radius 3 is 2.22 bits per heavy atom. The maximum absolute atomic E-state index is 12.3. The zero-order valence-electron chi connectivity index (χ0n) is 13.7. The lowest BCUT2D eigenvalue weighted by atomic mass is 9.89. The van der Waals surface area contributed by atoms with Crippen molar-refractivity contribution in [2.45, 2.75) is 25.6 Å². The molecule has 4 nitrogen and oxygen atoms in total. The molecule has 2 aromatic carbocycles. The molecular weight excluding hydrogens is 290 g/mol. The number of β-lactam (4-membered cyclic amide) rings is 1. The van der Waals surface area contributed by atoms with Gasteiger partial charge in [-0.3, -0.25) is 4.79 Å². The third kappa shape index (κ3) is 2.94. The van der Waals surface area contributed by atoms with Crippen LogP contribution >= 0.6 is 0 Å². The zero-order valence-corrected chi connectivity index (χ0v) is 13.7. The Balaban J connectivity index is 1.81. The number of nitrogens with zero attached hydrogens (tertiary/aromatic N) is 1. The number of ether oxygens (including phenoxy) is 2. The van der Waals surface area contributed by atoms with E-state index >= 15 is 0 Å². The maximum Gasteiger partial charge on any atom is 0.255 e. The van der Waals surface area contributed by atoms with Crippen LogP contribution in [0.5, 0.6) is 5.75 Å². The lowest BCUT2D eigenvalue weighted by Gasteiger charge is -2.46. The van der Waals surface area contributed by atoms with Gasteiger partial charge in [0.1, 0.15) is 5.75 Å². The van der Waals surface area contributed by atoms with Crippen molar-refractivity contribution in [1.82, 2.24) is 4.90 Å². The lowest BCUT2D eigenvalue weighted by Crippen LogP contribution is -2.58. The van der Waals surface area contributed by atoms with E-state index in [1.165, 1.54) is 5.56 Å².